The number of benzene rings is 1. The maximum atomic E-state index is 12.8. The van der Waals surface area contributed by atoms with Crippen molar-refractivity contribution in [3.8, 4) is 11.4 Å². The summed E-state index contributed by atoms with van der Waals surface area (Å²) in [6, 6.07) is 7.22. The number of nitrogens with one attached hydrogen (secondary N) is 1. The van der Waals surface area contributed by atoms with Crippen LogP contribution in [0.5, 0.6) is 0 Å². The van der Waals surface area contributed by atoms with E-state index in [2.05, 4.69) is 20.4 Å². The van der Waals surface area contributed by atoms with Crippen molar-refractivity contribution in [2.45, 2.75) is 37.9 Å². The van der Waals surface area contributed by atoms with E-state index in [1.54, 1.807) is 19.2 Å². The first kappa shape index (κ1) is 19.1. The van der Waals surface area contributed by atoms with Crippen molar-refractivity contribution < 1.29 is 22.5 Å². The molecule has 0 aliphatic heterocycles. The zero-order chi connectivity index (χ0) is 20.6. The Labute approximate surface area is 164 Å². The topological polar surface area (TPSA) is 80.9 Å². The van der Waals surface area contributed by atoms with Gasteiger partial charge in [0, 0.05) is 28.9 Å². The second kappa shape index (κ2) is 7.31. The highest BCUT2D eigenvalue weighted by molar-refractivity contribution is 5.94. The standard InChI is InChI=1S/C20H17F3N4O2/c1-11(25-18(28)14-3-2-4-15(9-14)20(21,22)23)19-26-17(27-29-19)13-7-8-24-16(10-13)12-5-6-12/h2-4,7-12H,5-6H2,1H3,(H,25,28)/t11-/m0/s1. The number of hydrogen-bond donors (Lipinski definition) is 1. The third kappa shape index (κ3) is 4.28. The van der Waals surface area contributed by atoms with Gasteiger partial charge in [0.25, 0.3) is 5.91 Å². The molecule has 1 aromatic carbocycles. The molecule has 6 nitrogen and oxygen atoms in total. The molecule has 150 valence electrons. The van der Waals surface area contributed by atoms with Crippen LogP contribution in [-0.2, 0) is 6.18 Å². The Bertz CT molecular complexity index is 1040. The summed E-state index contributed by atoms with van der Waals surface area (Å²) in [5.41, 5.74) is 0.754. The van der Waals surface area contributed by atoms with E-state index < -0.39 is 23.7 Å². The van der Waals surface area contributed by atoms with E-state index in [9.17, 15) is 18.0 Å². The van der Waals surface area contributed by atoms with Crippen LogP contribution in [-0.4, -0.2) is 21.0 Å². The number of rotatable bonds is 5. The molecule has 0 unspecified atom stereocenters. The van der Waals surface area contributed by atoms with Crippen molar-refractivity contribution in [2.24, 2.45) is 0 Å². The molecule has 1 aliphatic carbocycles. The lowest BCUT2D eigenvalue weighted by molar-refractivity contribution is -0.137. The van der Waals surface area contributed by atoms with Gasteiger partial charge < -0.3 is 9.84 Å². The first-order chi connectivity index (χ1) is 13.8. The fraction of sp³-hybridized carbons (Fsp3) is 0.300. The number of nitrogens with zero attached hydrogens (tertiary/aromatic N) is 3. The van der Waals surface area contributed by atoms with Gasteiger partial charge in [-0.3, -0.25) is 9.78 Å². The number of hydrogen-bond acceptors (Lipinski definition) is 5. The van der Waals surface area contributed by atoms with Crippen LogP contribution in [0, 0.1) is 0 Å². The molecule has 0 bridgehead atoms. The molecule has 1 atom stereocenters. The highest BCUT2D eigenvalue weighted by Crippen LogP contribution is 2.39. The Balaban J connectivity index is 1.47. The van der Waals surface area contributed by atoms with Crippen LogP contribution in [0.1, 0.15) is 59.2 Å². The van der Waals surface area contributed by atoms with Crippen LogP contribution < -0.4 is 5.32 Å². The second-order valence-corrected chi connectivity index (χ2v) is 6.97. The van der Waals surface area contributed by atoms with E-state index >= 15 is 0 Å². The fourth-order valence-corrected chi connectivity index (χ4v) is 2.90. The smallest absolute Gasteiger partial charge is 0.341 e. The van der Waals surface area contributed by atoms with E-state index in [0.29, 0.717) is 11.7 Å². The van der Waals surface area contributed by atoms with Gasteiger partial charge in [-0.1, -0.05) is 11.2 Å². The van der Waals surface area contributed by atoms with Gasteiger partial charge in [-0.05, 0) is 50.1 Å². The summed E-state index contributed by atoms with van der Waals surface area (Å²) >= 11 is 0. The van der Waals surface area contributed by atoms with Crippen molar-refractivity contribution in [1.82, 2.24) is 20.4 Å². The molecule has 2 aromatic heterocycles. The van der Waals surface area contributed by atoms with Crippen LogP contribution in [0.25, 0.3) is 11.4 Å². The summed E-state index contributed by atoms with van der Waals surface area (Å²) in [6.45, 7) is 1.62. The van der Waals surface area contributed by atoms with Gasteiger partial charge in [0.2, 0.25) is 11.7 Å². The van der Waals surface area contributed by atoms with Crippen LogP contribution in [0.2, 0.25) is 0 Å². The number of pyridine rings is 1. The van der Waals surface area contributed by atoms with Crippen molar-refractivity contribution in [3.05, 3.63) is 65.3 Å². The van der Waals surface area contributed by atoms with E-state index in [-0.39, 0.29) is 11.5 Å². The molecule has 29 heavy (non-hydrogen) atoms. The average molecular weight is 402 g/mol. The number of carbonyl (C=O) groups is 1. The van der Waals surface area contributed by atoms with Crippen LogP contribution in [0.3, 0.4) is 0 Å². The molecule has 3 aromatic rings. The Morgan fingerprint density at radius 1 is 1.24 bits per heavy atom. The van der Waals surface area contributed by atoms with Gasteiger partial charge in [-0.25, -0.2) is 0 Å². The number of amides is 1. The maximum Gasteiger partial charge on any atom is 0.416 e. The molecule has 1 amide bonds. The summed E-state index contributed by atoms with van der Waals surface area (Å²) in [4.78, 5) is 21.0. The predicted octanol–water partition coefficient (Wildman–Crippen LogP) is 4.52. The first-order valence-electron chi connectivity index (χ1n) is 9.09. The molecule has 1 N–H and O–H groups in total. The maximum absolute atomic E-state index is 12.8. The van der Waals surface area contributed by atoms with Gasteiger partial charge >= 0.3 is 6.18 Å². The van der Waals surface area contributed by atoms with Crippen molar-refractivity contribution in [3.63, 3.8) is 0 Å². The number of alkyl halides is 3. The lowest BCUT2D eigenvalue weighted by atomic mass is 10.1. The molecule has 1 saturated carbocycles. The van der Waals surface area contributed by atoms with Gasteiger partial charge in [0.05, 0.1) is 5.56 Å². The number of carbonyl (C=O) groups excluding carboxylic acids is 1. The van der Waals surface area contributed by atoms with Crippen LogP contribution in [0.15, 0.2) is 47.1 Å². The molecular formula is C20H17F3N4O2. The highest BCUT2D eigenvalue weighted by Gasteiger charge is 2.31. The third-order valence-corrected chi connectivity index (χ3v) is 4.65. The Morgan fingerprint density at radius 3 is 2.76 bits per heavy atom. The first-order valence-corrected chi connectivity index (χ1v) is 9.09. The minimum atomic E-state index is -4.52. The fourth-order valence-electron chi connectivity index (χ4n) is 2.90. The Morgan fingerprint density at radius 2 is 2.03 bits per heavy atom. The summed E-state index contributed by atoms with van der Waals surface area (Å²) in [7, 11) is 0. The Kier molecular flexibility index (Phi) is 4.81. The molecule has 0 saturated heterocycles. The SMILES string of the molecule is C[C@H](NC(=O)c1cccc(C(F)(F)F)c1)c1nc(-c2ccnc(C3CC3)c2)no1. The number of halogens is 3. The van der Waals surface area contributed by atoms with Crippen molar-refractivity contribution >= 4 is 5.91 Å². The normalized spacial score (nSPS) is 15.2. The third-order valence-electron chi connectivity index (χ3n) is 4.65. The summed E-state index contributed by atoms with van der Waals surface area (Å²) in [5.74, 6) is 0.338. The molecule has 9 heteroatoms. The highest BCUT2D eigenvalue weighted by atomic mass is 19.4. The predicted molar refractivity (Wildman–Crippen MR) is 96.8 cm³/mol. The second-order valence-electron chi connectivity index (χ2n) is 6.97. The van der Waals surface area contributed by atoms with Crippen LogP contribution in [0.4, 0.5) is 13.2 Å². The van der Waals surface area contributed by atoms with E-state index in [1.807, 2.05) is 6.07 Å². The zero-order valence-corrected chi connectivity index (χ0v) is 15.4. The molecule has 1 fully saturated rings. The van der Waals surface area contributed by atoms with Crippen molar-refractivity contribution in [1.29, 1.82) is 0 Å². The lowest BCUT2D eigenvalue weighted by Crippen LogP contribution is -2.27. The quantitative estimate of drug-likeness (QED) is 0.679. The van der Waals surface area contributed by atoms with E-state index in [0.717, 1.165) is 36.2 Å². The minimum absolute atomic E-state index is 0.102. The van der Waals surface area contributed by atoms with Gasteiger partial charge in [0.1, 0.15) is 6.04 Å². The molecular weight excluding hydrogens is 385 g/mol. The summed E-state index contributed by atoms with van der Waals surface area (Å²) in [6.07, 6.45) is -0.593. The summed E-state index contributed by atoms with van der Waals surface area (Å²) in [5, 5.41) is 6.52. The van der Waals surface area contributed by atoms with Crippen LogP contribution >= 0.6 is 0 Å². The molecule has 0 spiro atoms. The van der Waals surface area contributed by atoms with E-state index in [1.165, 1.54) is 12.1 Å². The van der Waals surface area contributed by atoms with E-state index in [4.69, 9.17) is 4.52 Å². The summed E-state index contributed by atoms with van der Waals surface area (Å²) < 4.78 is 43.7. The largest absolute Gasteiger partial charge is 0.416 e. The monoisotopic (exact) mass is 402 g/mol. The van der Waals surface area contributed by atoms with Gasteiger partial charge in [0.15, 0.2) is 0 Å². The minimum Gasteiger partial charge on any atom is -0.341 e. The molecule has 1 aliphatic rings. The lowest BCUT2D eigenvalue weighted by Gasteiger charge is -2.11. The Hall–Kier alpha value is -3.23. The molecule has 2 heterocycles. The molecule has 4 rings (SSSR count). The van der Waals surface area contributed by atoms with Gasteiger partial charge in [-0.15, -0.1) is 0 Å². The molecule has 0 radical (unpaired) electrons. The van der Waals surface area contributed by atoms with Gasteiger partial charge in [-0.2, -0.15) is 18.2 Å². The average Bonchev–Trinajstić information content (AvgIpc) is 3.43. The number of aromatic nitrogens is 3. The van der Waals surface area contributed by atoms with Crippen molar-refractivity contribution in [2.75, 3.05) is 0 Å². The zero-order valence-electron chi connectivity index (χ0n) is 15.4.